The molecule has 148 valence electrons. The topological polar surface area (TPSA) is 153 Å². The average molecular weight is 405 g/mol. The molecule has 3 rings (SSSR count). The van der Waals surface area contributed by atoms with E-state index < -0.39 is 21.8 Å². The van der Waals surface area contributed by atoms with E-state index in [1.807, 2.05) is 0 Å². The second-order valence-electron chi connectivity index (χ2n) is 6.13. The number of urea groups is 1. The molecule has 28 heavy (non-hydrogen) atoms. The number of hydrogen-bond acceptors (Lipinski definition) is 7. The molecule has 1 aliphatic rings. The first kappa shape index (κ1) is 19.5. The molecule has 4 N–H and O–H groups in total. The first-order chi connectivity index (χ1) is 13.3. The maximum atomic E-state index is 13.4. The van der Waals surface area contributed by atoms with Gasteiger partial charge in [0, 0.05) is 6.54 Å². The predicted octanol–water partition coefficient (Wildman–Crippen LogP) is 0.721. The number of aryl methyl sites for hydroxylation is 1. The second-order valence-corrected chi connectivity index (χ2v) is 7.99. The van der Waals surface area contributed by atoms with Gasteiger partial charge in [0.25, 0.3) is 0 Å². The van der Waals surface area contributed by atoms with Gasteiger partial charge in [-0.2, -0.15) is 4.98 Å². The van der Waals surface area contributed by atoms with E-state index in [0.29, 0.717) is 18.5 Å². The van der Waals surface area contributed by atoms with Crippen molar-refractivity contribution in [3.63, 3.8) is 0 Å². The SMILES string of the molecule is COc1nc(NC(N)=O)nc(C)c1S(=O)(=O)c1ccccc1C1CCNC1=O. The molecule has 2 aromatic rings. The van der Waals surface area contributed by atoms with Crippen molar-refractivity contribution in [3.8, 4) is 5.88 Å². The third-order valence-electron chi connectivity index (χ3n) is 4.33. The van der Waals surface area contributed by atoms with Crippen LogP contribution in [0.3, 0.4) is 0 Å². The van der Waals surface area contributed by atoms with Crippen LogP contribution < -0.4 is 21.1 Å². The summed E-state index contributed by atoms with van der Waals surface area (Å²) in [5.74, 6) is -1.19. The Morgan fingerprint density at radius 2 is 2.04 bits per heavy atom. The van der Waals surface area contributed by atoms with Crippen LogP contribution in [0, 0.1) is 6.92 Å². The van der Waals surface area contributed by atoms with Crippen LogP contribution in [0.25, 0.3) is 0 Å². The van der Waals surface area contributed by atoms with Gasteiger partial charge in [-0.15, -0.1) is 0 Å². The van der Waals surface area contributed by atoms with E-state index in [1.165, 1.54) is 20.1 Å². The zero-order chi connectivity index (χ0) is 20.5. The van der Waals surface area contributed by atoms with Gasteiger partial charge in [-0.3, -0.25) is 10.1 Å². The number of benzene rings is 1. The van der Waals surface area contributed by atoms with Gasteiger partial charge in [0.1, 0.15) is 0 Å². The number of anilines is 1. The molecule has 0 saturated carbocycles. The first-order valence-corrected chi connectivity index (χ1v) is 9.84. The first-order valence-electron chi connectivity index (χ1n) is 8.36. The van der Waals surface area contributed by atoms with Crippen LogP contribution in [0.15, 0.2) is 34.1 Å². The van der Waals surface area contributed by atoms with Crippen molar-refractivity contribution in [1.29, 1.82) is 0 Å². The van der Waals surface area contributed by atoms with Crippen LogP contribution in [0.1, 0.15) is 23.6 Å². The number of sulfone groups is 1. The molecule has 0 radical (unpaired) electrons. The number of nitrogens with two attached hydrogens (primary N) is 1. The number of carbonyl (C=O) groups is 2. The van der Waals surface area contributed by atoms with Crippen molar-refractivity contribution < 1.29 is 22.7 Å². The van der Waals surface area contributed by atoms with Gasteiger partial charge in [0.2, 0.25) is 27.6 Å². The molecule has 10 nitrogen and oxygen atoms in total. The molecule has 1 atom stereocenters. The Balaban J connectivity index is 2.17. The van der Waals surface area contributed by atoms with Gasteiger partial charge in [-0.1, -0.05) is 18.2 Å². The molecule has 1 aliphatic heterocycles. The molecular formula is C17H19N5O5S. The van der Waals surface area contributed by atoms with Crippen molar-refractivity contribution in [2.24, 2.45) is 5.73 Å². The van der Waals surface area contributed by atoms with Gasteiger partial charge in [0.05, 0.1) is 23.6 Å². The number of methoxy groups -OCH3 is 1. The van der Waals surface area contributed by atoms with Crippen LogP contribution in [0.2, 0.25) is 0 Å². The number of primary amides is 1. The molecule has 1 unspecified atom stereocenters. The summed E-state index contributed by atoms with van der Waals surface area (Å²) in [6.45, 7) is 1.94. The normalized spacial score (nSPS) is 16.5. The summed E-state index contributed by atoms with van der Waals surface area (Å²) in [5.41, 5.74) is 5.53. The van der Waals surface area contributed by atoms with Crippen LogP contribution >= 0.6 is 0 Å². The Labute approximate surface area is 161 Å². The van der Waals surface area contributed by atoms with Crippen LogP contribution in [0.5, 0.6) is 5.88 Å². The molecule has 1 fully saturated rings. The Morgan fingerprint density at radius 3 is 2.64 bits per heavy atom. The fourth-order valence-corrected chi connectivity index (χ4v) is 4.96. The Bertz CT molecular complexity index is 1050. The van der Waals surface area contributed by atoms with E-state index in [1.54, 1.807) is 18.2 Å². The highest BCUT2D eigenvalue weighted by Gasteiger charge is 2.34. The lowest BCUT2D eigenvalue weighted by molar-refractivity contribution is -0.120. The van der Waals surface area contributed by atoms with Gasteiger partial charge >= 0.3 is 6.03 Å². The van der Waals surface area contributed by atoms with Crippen LogP contribution in [0.4, 0.5) is 10.7 Å². The molecule has 1 aromatic carbocycles. The standard InChI is InChI=1S/C17H19N5O5S/c1-9-13(15(27-2)21-17(20-9)22-16(18)24)28(25,26)12-6-4-3-5-10(12)11-7-8-19-14(11)23/h3-6,11H,7-8H2,1-2H3,(H,19,23)(H3,18,20,21,22,24). The fourth-order valence-electron chi connectivity index (χ4n) is 3.16. The van der Waals surface area contributed by atoms with Gasteiger partial charge in [-0.25, -0.2) is 18.2 Å². The van der Waals surface area contributed by atoms with E-state index >= 15 is 0 Å². The number of ether oxygens (including phenoxy) is 1. The average Bonchev–Trinajstić information content (AvgIpc) is 3.06. The highest BCUT2D eigenvalue weighted by Crippen LogP contribution is 2.36. The Kier molecular flexibility index (Phi) is 5.18. The molecule has 0 spiro atoms. The minimum Gasteiger partial charge on any atom is -0.480 e. The highest BCUT2D eigenvalue weighted by atomic mass is 32.2. The molecule has 0 bridgehead atoms. The highest BCUT2D eigenvalue weighted by molar-refractivity contribution is 7.91. The maximum Gasteiger partial charge on any atom is 0.319 e. The molecule has 1 aromatic heterocycles. The zero-order valence-corrected chi connectivity index (χ0v) is 16.0. The van der Waals surface area contributed by atoms with Crippen molar-refractivity contribution in [2.45, 2.75) is 29.1 Å². The lowest BCUT2D eigenvalue weighted by Gasteiger charge is -2.17. The molecule has 1 saturated heterocycles. The zero-order valence-electron chi connectivity index (χ0n) is 15.2. The number of hydrogen-bond donors (Lipinski definition) is 3. The van der Waals surface area contributed by atoms with E-state index in [2.05, 4.69) is 20.6 Å². The van der Waals surface area contributed by atoms with Gasteiger partial charge < -0.3 is 15.8 Å². The van der Waals surface area contributed by atoms with Crippen LogP contribution in [-0.4, -0.2) is 44.0 Å². The summed E-state index contributed by atoms with van der Waals surface area (Å²) in [6, 6.07) is 5.42. The summed E-state index contributed by atoms with van der Waals surface area (Å²) in [6.07, 6.45) is 0.499. The van der Waals surface area contributed by atoms with Gasteiger partial charge in [-0.05, 0) is 25.0 Å². The number of rotatable bonds is 5. The second kappa shape index (κ2) is 7.43. The summed E-state index contributed by atoms with van der Waals surface area (Å²) in [7, 11) is -2.87. The number of aromatic nitrogens is 2. The van der Waals surface area contributed by atoms with Crippen molar-refractivity contribution >= 4 is 27.7 Å². The quantitative estimate of drug-likeness (QED) is 0.662. The molecule has 2 heterocycles. The van der Waals surface area contributed by atoms with E-state index in [-0.39, 0.29) is 33.2 Å². The summed E-state index contributed by atoms with van der Waals surface area (Å²) < 4.78 is 32.0. The largest absolute Gasteiger partial charge is 0.480 e. The third-order valence-corrected chi connectivity index (χ3v) is 6.29. The number of carbonyl (C=O) groups excluding carboxylic acids is 2. The number of nitrogens with zero attached hydrogens (tertiary/aromatic N) is 2. The lowest BCUT2D eigenvalue weighted by atomic mass is 9.98. The number of nitrogens with one attached hydrogen (secondary N) is 2. The third kappa shape index (κ3) is 3.48. The van der Waals surface area contributed by atoms with Crippen LogP contribution in [-0.2, 0) is 14.6 Å². The molecule has 3 amide bonds. The molecule has 11 heteroatoms. The van der Waals surface area contributed by atoms with Crippen molar-refractivity contribution in [1.82, 2.24) is 15.3 Å². The minimum atomic E-state index is -4.12. The van der Waals surface area contributed by atoms with E-state index in [4.69, 9.17) is 10.5 Å². The summed E-state index contributed by atoms with van der Waals surface area (Å²) in [4.78, 5) is 30.8. The lowest BCUT2D eigenvalue weighted by Crippen LogP contribution is -2.22. The Morgan fingerprint density at radius 1 is 1.32 bits per heavy atom. The monoisotopic (exact) mass is 405 g/mol. The molecular weight excluding hydrogens is 386 g/mol. The predicted molar refractivity (Wildman–Crippen MR) is 98.8 cm³/mol. The van der Waals surface area contributed by atoms with Gasteiger partial charge in [0.15, 0.2) is 4.90 Å². The minimum absolute atomic E-state index is 0.0161. The van der Waals surface area contributed by atoms with E-state index in [9.17, 15) is 18.0 Å². The smallest absolute Gasteiger partial charge is 0.319 e. The fraction of sp³-hybridized carbons (Fsp3) is 0.294. The summed E-state index contributed by atoms with van der Waals surface area (Å²) >= 11 is 0. The number of amides is 3. The van der Waals surface area contributed by atoms with E-state index in [0.717, 1.165) is 0 Å². The molecule has 0 aliphatic carbocycles. The van der Waals surface area contributed by atoms with Crippen molar-refractivity contribution in [2.75, 3.05) is 19.0 Å². The summed E-state index contributed by atoms with van der Waals surface area (Å²) in [5, 5.41) is 4.90. The van der Waals surface area contributed by atoms with Crippen molar-refractivity contribution in [3.05, 3.63) is 35.5 Å². The Hall–Kier alpha value is -3.21. The maximum absolute atomic E-state index is 13.4.